The summed E-state index contributed by atoms with van der Waals surface area (Å²) in [7, 11) is 0. The Kier molecular flexibility index (Phi) is 9.62. The van der Waals surface area contributed by atoms with Gasteiger partial charge in [0.05, 0.1) is 20.1 Å². The molecule has 0 spiro atoms. The molecule has 2 aromatic carbocycles. The minimum atomic E-state index is -0.489. The van der Waals surface area contributed by atoms with Crippen molar-refractivity contribution in [3.8, 4) is 11.5 Å². The molecule has 0 aliphatic heterocycles. The highest BCUT2D eigenvalue weighted by Crippen LogP contribution is 2.43. The topological polar surface area (TPSA) is 70.5 Å². The maximum atomic E-state index is 6.49. The summed E-state index contributed by atoms with van der Waals surface area (Å²) in [5.74, 6) is 0.859. The molecule has 0 aromatic heterocycles. The molecule has 0 bridgehead atoms. The number of hydrogen-bond acceptors (Lipinski definition) is 4. The zero-order chi connectivity index (χ0) is 23.3. The minimum absolute atomic E-state index is 0.0832. The van der Waals surface area contributed by atoms with Gasteiger partial charge in [0, 0.05) is 17.5 Å². The number of rotatable bonds is 10. The van der Waals surface area contributed by atoms with Crippen LogP contribution in [0.5, 0.6) is 11.5 Å². The van der Waals surface area contributed by atoms with Gasteiger partial charge in [-0.05, 0) is 48.2 Å². The Morgan fingerprint density at radius 1 is 0.710 bits per heavy atom. The molecule has 0 aliphatic carbocycles. The highest BCUT2D eigenvalue weighted by molar-refractivity contribution is 6.38. The van der Waals surface area contributed by atoms with E-state index in [0.29, 0.717) is 44.8 Å². The predicted octanol–water partition coefficient (Wildman–Crippen LogP) is 6.86. The normalized spacial score (nSPS) is 13.7. The second-order valence-electron chi connectivity index (χ2n) is 8.12. The average Bonchev–Trinajstić information content (AvgIpc) is 2.71. The number of ether oxygens (including phenoxy) is 2. The van der Waals surface area contributed by atoms with Crippen LogP contribution in [0.2, 0.25) is 20.1 Å². The molecule has 0 amide bonds. The fraction of sp³-hybridized carbons (Fsp3) is 0.478. The van der Waals surface area contributed by atoms with Crippen LogP contribution in [-0.2, 0) is 5.41 Å². The minimum Gasteiger partial charge on any atom is -0.489 e. The van der Waals surface area contributed by atoms with E-state index in [2.05, 4.69) is 0 Å². The van der Waals surface area contributed by atoms with Crippen LogP contribution in [0.15, 0.2) is 24.3 Å². The lowest BCUT2D eigenvalue weighted by atomic mass is 9.78. The molecule has 0 saturated heterocycles. The Morgan fingerprint density at radius 2 is 1.00 bits per heavy atom. The lowest BCUT2D eigenvalue weighted by molar-refractivity contribution is 0.285. The van der Waals surface area contributed by atoms with Gasteiger partial charge in [0.2, 0.25) is 0 Å². The number of nitrogens with two attached hydrogens (primary N) is 2. The van der Waals surface area contributed by atoms with E-state index in [1.165, 1.54) is 0 Å². The maximum absolute atomic E-state index is 6.49. The molecule has 0 radical (unpaired) electrons. The summed E-state index contributed by atoms with van der Waals surface area (Å²) < 4.78 is 11.5. The molecular formula is C23H30Cl4N2O2. The second kappa shape index (κ2) is 11.3. The summed E-state index contributed by atoms with van der Waals surface area (Å²) in [6.45, 7) is 8.75. The van der Waals surface area contributed by atoms with Crippen molar-refractivity contribution in [3.63, 3.8) is 0 Å². The second-order valence-corrected chi connectivity index (χ2v) is 9.75. The fourth-order valence-corrected chi connectivity index (χ4v) is 4.09. The van der Waals surface area contributed by atoms with Crippen LogP contribution in [-0.4, -0.2) is 25.3 Å². The summed E-state index contributed by atoms with van der Waals surface area (Å²) >= 11 is 26.0. The van der Waals surface area contributed by atoms with Crippen LogP contribution in [0.1, 0.15) is 51.7 Å². The van der Waals surface area contributed by atoms with Gasteiger partial charge in [-0.15, -0.1) is 0 Å². The first-order valence-electron chi connectivity index (χ1n) is 10.3. The Bertz CT molecular complexity index is 788. The first-order chi connectivity index (χ1) is 14.5. The van der Waals surface area contributed by atoms with Crippen LogP contribution >= 0.6 is 46.4 Å². The Hall–Kier alpha value is -0.880. The lowest BCUT2D eigenvalue weighted by Gasteiger charge is -2.28. The van der Waals surface area contributed by atoms with E-state index in [1.807, 2.05) is 52.0 Å². The highest BCUT2D eigenvalue weighted by atomic mass is 35.5. The maximum Gasteiger partial charge on any atom is 0.156 e. The monoisotopic (exact) mass is 506 g/mol. The third-order valence-electron chi connectivity index (χ3n) is 5.37. The van der Waals surface area contributed by atoms with Crippen LogP contribution in [0.4, 0.5) is 0 Å². The largest absolute Gasteiger partial charge is 0.489 e. The Balaban J connectivity index is 2.34. The summed E-state index contributed by atoms with van der Waals surface area (Å²) in [5, 5.41) is 1.68. The molecule has 0 saturated carbocycles. The van der Waals surface area contributed by atoms with Crippen LogP contribution in [0.25, 0.3) is 0 Å². The van der Waals surface area contributed by atoms with Crippen molar-refractivity contribution in [1.29, 1.82) is 0 Å². The molecule has 172 valence electrons. The molecule has 0 fully saturated rings. The van der Waals surface area contributed by atoms with E-state index in [-0.39, 0.29) is 12.1 Å². The quantitative estimate of drug-likeness (QED) is 0.368. The SMILES string of the molecule is CCC(N)COc1c(Cl)cc(C(C)(C)c2cc(Cl)c(OCC(N)CC)c(Cl)c2)cc1Cl. The molecule has 0 heterocycles. The van der Waals surface area contributed by atoms with Crippen molar-refractivity contribution in [2.75, 3.05) is 13.2 Å². The summed E-state index contributed by atoms with van der Waals surface area (Å²) in [6, 6.07) is 7.19. The zero-order valence-corrected chi connectivity index (χ0v) is 21.3. The third kappa shape index (κ3) is 6.56. The van der Waals surface area contributed by atoms with Crippen molar-refractivity contribution in [2.45, 2.75) is 58.0 Å². The van der Waals surface area contributed by atoms with Crippen LogP contribution < -0.4 is 20.9 Å². The first-order valence-corrected chi connectivity index (χ1v) is 11.8. The van der Waals surface area contributed by atoms with E-state index in [0.717, 1.165) is 24.0 Å². The molecule has 2 rings (SSSR count). The van der Waals surface area contributed by atoms with Gasteiger partial charge < -0.3 is 20.9 Å². The fourth-order valence-electron chi connectivity index (χ4n) is 2.90. The molecule has 4 N–H and O–H groups in total. The van der Waals surface area contributed by atoms with Gasteiger partial charge in [-0.1, -0.05) is 74.1 Å². The standard InChI is InChI=1S/C23H30Cl4N2O2/c1-5-15(28)11-30-21-17(24)7-13(8-18(21)25)23(3,4)14-9-19(26)22(20(27)10-14)31-12-16(29)6-2/h7-10,15-16H,5-6,11-12,28-29H2,1-4H3. The predicted molar refractivity (Wildman–Crippen MR) is 133 cm³/mol. The van der Waals surface area contributed by atoms with E-state index in [1.54, 1.807) is 0 Å². The van der Waals surface area contributed by atoms with Gasteiger partial charge in [-0.3, -0.25) is 0 Å². The third-order valence-corrected chi connectivity index (χ3v) is 6.50. The van der Waals surface area contributed by atoms with Gasteiger partial charge in [-0.25, -0.2) is 0 Å². The molecule has 8 heteroatoms. The first kappa shape index (κ1) is 26.4. The van der Waals surface area contributed by atoms with Gasteiger partial charge >= 0.3 is 0 Å². The summed E-state index contributed by atoms with van der Waals surface area (Å²) in [5.41, 5.74) is 13.2. The molecule has 31 heavy (non-hydrogen) atoms. The number of benzene rings is 2. The highest BCUT2D eigenvalue weighted by Gasteiger charge is 2.28. The van der Waals surface area contributed by atoms with Crippen molar-refractivity contribution in [1.82, 2.24) is 0 Å². The smallest absolute Gasteiger partial charge is 0.156 e. The van der Waals surface area contributed by atoms with Crippen molar-refractivity contribution in [3.05, 3.63) is 55.5 Å². The summed E-state index contributed by atoms with van der Waals surface area (Å²) in [4.78, 5) is 0. The van der Waals surface area contributed by atoms with E-state index in [4.69, 9.17) is 67.3 Å². The lowest BCUT2D eigenvalue weighted by Crippen LogP contribution is -2.27. The van der Waals surface area contributed by atoms with Crippen LogP contribution in [0, 0.1) is 0 Å². The number of hydrogen-bond donors (Lipinski definition) is 2. The summed E-state index contributed by atoms with van der Waals surface area (Å²) in [6.07, 6.45) is 1.60. The molecule has 0 aliphatic rings. The van der Waals surface area contributed by atoms with E-state index >= 15 is 0 Å². The van der Waals surface area contributed by atoms with Gasteiger partial charge in [0.25, 0.3) is 0 Å². The Morgan fingerprint density at radius 3 is 1.26 bits per heavy atom. The van der Waals surface area contributed by atoms with Crippen molar-refractivity contribution in [2.24, 2.45) is 11.5 Å². The van der Waals surface area contributed by atoms with Crippen LogP contribution in [0.3, 0.4) is 0 Å². The van der Waals surface area contributed by atoms with E-state index in [9.17, 15) is 0 Å². The Labute approximate surface area is 205 Å². The van der Waals surface area contributed by atoms with E-state index < -0.39 is 5.41 Å². The zero-order valence-electron chi connectivity index (χ0n) is 18.3. The molecule has 4 nitrogen and oxygen atoms in total. The molecule has 2 aromatic rings. The van der Waals surface area contributed by atoms with Gasteiger partial charge in [0.1, 0.15) is 13.2 Å². The molecule has 2 atom stereocenters. The van der Waals surface area contributed by atoms with Crippen molar-refractivity contribution < 1.29 is 9.47 Å². The molecular weight excluding hydrogens is 478 g/mol. The number of halogens is 4. The molecule has 2 unspecified atom stereocenters. The average molecular weight is 508 g/mol. The van der Waals surface area contributed by atoms with Crippen molar-refractivity contribution >= 4 is 46.4 Å². The van der Waals surface area contributed by atoms with Gasteiger partial charge in [0.15, 0.2) is 11.5 Å². The van der Waals surface area contributed by atoms with Gasteiger partial charge in [-0.2, -0.15) is 0 Å².